The lowest BCUT2D eigenvalue weighted by molar-refractivity contribution is 0.529. The molecule has 1 aliphatic rings. The lowest BCUT2D eigenvalue weighted by Gasteiger charge is -2.16. The molecule has 1 aromatic heterocycles. The number of hydrogen-bond acceptors (Lipinski definition) is 3. The summed E-state index contributed by atoms with van der Waals surface area (Å²) in [5, 5.41) is 3.31. The van der Waals surface area contributed by atoms with Crippen molar-refractivity contribution in [2.75, 3.05) is 7.05 Å². The highest BCUT2D eigenvalue weighted by molar-refractivity contribution is 5.74. The fraction of sp³-hybridized carbons (Fsp3) is 0.385. The molecule has 0 amide bonds. The molecule has 1 aromatic carbocycles. The average molecular weight is 245 g/mol. The first-order chi connectivity index (χ1) is 8.69. The van der Waals surface area contributed by atoms with Crippen LogP contribution in [0.3, 0.4) is 0 Å². The van der Waals surface area contributed by atoms with Crippen molar-refractivity contribution >= 4 is 11.0 Å². The fourth-order valence-corrected chi connectivity index (χ4v) is 2.43. The largest absolute Gasteiger partial charge is 0.316 e. The van der Waals surface area contributed by atoms with E-state index in [1.807, 2.05) is 25.2 Å². The first-order valence-electron chi connectivity index (χ1n) is 6.12. The third-order valence-electron chi connectivity index (χ3n) is 3.51. The normalized spacial score (nSPS) is 16.9. The molecule has 2 aromatic rings. The van der Waals surface area contributed by atoms with Gasteiger partial charge in [0.25, 0.3) is 0 Å². The van der Waals surface area contributed by atoms with Gasteiger partial charge < -0.3 is 15.3 Å². The summed E-state index contributed by atoms with van der Waals surface area (Å²) in [6.45, 7) is 0. The van der Waals surface area contributed by atoms with Crippen molar-refractivity contribution < 1.29 is 0 Å². The van der Waals surface area contributed by atoms with Crippen LogP contribution in [0.5, 0.6) is 0 Å². The van der Waals surface area contributed by atoms with E-state index in [1.54, 1.807) is 0 Å². The number of aromatic nitrogens is 2. The number of benzene rings is 1. The standard InChI is InChI=1S/C13H15N3O2/c1-14-11(7-2-3-7)8-4-5-9-10(6-8)16-13(18)12(17)15-9/h4-7,11,14H,2-3H2,1H3,(H,15,17)(H,16,18). The molecule has 3 N–H and O–H groups in total. The number of rotatable bonds is 3. The second-order valence-electron chi connectivity index (χ2n) is 4.82. The zero-order valence-corrected chi connectivity index (χ0v) is 10.1. The highest BCUT2D eigenvalue weighted by Crippen LogP contribution is 2.40. The van der Waals surface area contributed by atoms with Gasteiger partial charge in [0.15, 0.2) is 0 Å². The van der Waals surface area contributed by atoms with Crippen LogP contribution in [-0.4, -0.2) is 17.0 Å². The molecule has 1 fully saturated rings. The molecule has 1 heterocycles. The molecular weight excluding hydrogens is 230 g/mol. The Hall–Kier alpha value is -1.88. The van der Waals surface area contributed by atoms with Crippen molar-refractivity contribution in [1.82, 2.24) is 15.3 Å². The summed E-state index contributed by atoms with van der Waals surface area (Å²) in [6, 6.07) is 6.10. The second kappa shape index (κ2) is 4.10. The lowest BCUT2D eigenvalue weighted by atomic mass is 10.0. The Morgan fingerprint density at radius 1 is 1.17 bits per heavy atom. The lowest BCUT2D eigenvalue weighted by Crippen LogP contribution is -2.29. The Bertz CT molecular complexity index is 697. The van der Waals surface area contributed by atoms with Gasteiger partial charge in [-0.2, -0.15) is 0 Å². The summed E-state index contributed by atoms with van der Waals surface area (Å²) < 4.78 is 0. The maximum absolute atomic E-state index is 11.3. The number of nitrogens with one attached hydrogen (secondary N) is 3. The number of fused-ring (bicyclic) bond motifs is 1. The third-order valence-corrected chi connectivity index (χ3v) is 3.51. The van der Waals surface area contributed by atoms with Gasteiger partial charge in [-0.15, -0.1) is 0 Å². The van der Waals surface area contributed by atoms with Crippen molar-refractivity contribution in [3.8, 4) is 0 Å². The predicted octanol–water partition coefficient (Wildman–Crippen LogP) is 0.887. The maximum Gasteiger partial charge on any atom is 0.314 e. The van der Waals surface area contributed by atoms with Gasteiger partial charge in [0, 0.05) is 6.04 Å². The number of aromatic amines is 2. The molecule has 5 nitrogen and oxygen atoms in total. The fourth-order valence-electron chi connectivity index (χ4n) is 2.43. The van der Waals surface area contributed by atoms with E-state index in [1.165, 1.54) is 12.8 Å². The highest BCUT2D eigenvalue weighted by Gasteiger charge is 2.31. The molecule has 1 atom stereocenters. The summed E-state index contributed by atoms with van der Waals surface area (Å²) in [5.41, 5.74) is 1.27. The van der Waals surface area contributed by atoms with Crippen molar-refractivity contribution in [3.05, 3.63) is 44.5 Å². The second-order valence-corrected chi connectivity index (χ2v) is 4.82. The van der Waals surface area contributed by atoms with E-state index in [0.717, 1.165) is 5.56 Å². The van der Waals surface area contributed by atoms with E-state index in [2.05, 4.69) is 15.3 Å². The summed E-state index contributed by atoms with van der Waals surface area (Å²) in [6.07, 6.45) is 2.48. The monoisotopic (exact) mass is 245 g/mol. The summed E-state index contributed by atoms with van der Waals surface area (Å²) in [5.74, 6) is 0.682. The number of H-pyrrole nitrogens is 2. The smallest absolute Gasteiger partial charge is 0.314 e. The first kappa shape index (κ1) is 11.2. The van der Waals surface area contributed by atoms with Gasteiger partial charge in [-0.3, -0.25) is 9.59 Å². The molecule has 0 aliphatic heterocycles. The van der Waals surface area contributed by atoms with E-state index in [4.69, 9.17) is 0 Å². The van der Waals surface area contributed by atoms with Gasteiger partial charge >= 0.3 is 11.1 Å². The SMILES string of the molecule is CNC(c1ccc2[nH]c(=O)c(=O)[nH]c2c1)C1CC1. The van der Waals surface area contributed by atoms with Crippen LogP contribution in [0, 0.1) is 5.92 Å². The minimum atomic E-state index is -0.609. The van der Waals surface area contributed by atoms with Gasteiger partial charge in [0.05, 0.1) is 11.0 Å². The molecule has 5 heteroatoms. The van der Waals surface area contributed by atoms with Crippen LogP contribution in [0.15, 0.2) is 27.8 Å². The van der Waals surface area contributed by atoms with Crippen molar-refractivity contribution in [2.45, 2.75) is 18.9 Å². The maximum atomic E-state index is 11.3. The minimum Gasteiger partial charge on any atom is -0.316 e. The summed E-state index contributed by atoms with van der Waals surface area (Å²) in [7, 11) is 1.95. The zero-order chi connectivity index (χ0) is 12.7. The van der Waals surface area contributed by atoms with Crippen molar-refractivity contribution in [3.63, 3.8) is 0 Å². The summed E-state index contributed by atoms with van der Waals surface area (Å²) >= 11 is 0. The third kappa shape index (κ3) is 1.86. The van der Waals surface area contributed by atoms with Crippen LogP contribution < -0.4 is 16.4 Å². The molecule has 1 aliphatic carbocycles. The van der Waals surface area contributed by atoms with Gasteiger partial charge in [-0.05, 0) is 43.5 Å². The topological polar surface area (TPSA) is 77.8 Å². The Labute approximate surface area is 103 Å². The zero-order valence-electron chi connectivity index (χ0n) is 10.1. The Kier molecular flexibility index (Phi) is 2.56. The van der Waals surface area contributed by atoms with Crippen LogP contribution in [0.25, 0.3) is 11.0 Å². The van der Waals surface area contributed by atoms with Gasteiger partial charge in [0.2, 0.25) is 0 Å². The molecule has 3 rings (SSSR count). The van der Waals surface area contributed by atoms with E-state index in [0.29, 0.717) is 23.0 Å². The van der Waals surface area contributed by atoms with Crippen LogP contribution in [-0.2, 0) is 0 Å². The van der Waals surface area contributed by atoms with Crippen LogP contribution in [0.2, 0.25) is 0 Å². The molecule has 0 spiro atoms. The van der Waals surface area contributed by atoms with E-state index >= 15 is 0 Å². The first-order valence-corrected chi connectivity index (χ1v) is 6.12. The van der Waals surface area contributed by atoms with Gasteiger partial charge in [-0.25, -0.2) is 0 Å². The molecule has 18 heavy (non-hydrogen) atoms. The molecule has 0 radical (unpaired) electrons. The van der Waals surface area contributed by atoms with Gasteiger partial charge in [0.1, 0.15) is 0 Å². The van der Waals surface area contributed by atoms with Crippen molar-refractivity contribution in [1.29, 1.82) is 0 Å². The average Bonchev–Trinajstić information content (AvgIpc) is 3.16. The van der Waals surface area contributed by atoms with E-state index < -0.39 is 11.1 Å². The predicted molar refractivity (Wildman–Crippen MR) is 69.7 cm³/mol. The van der Waals surface area contributed by atoms with Crippen LogP contribution in [0.4, 0.5) is 0 Å². The van der Waals surface area contributed by atoms with Gasteiger partial charge in [-0.1, -0.05) is 6.07 Å². The minimum absolute atomic E-state index is 0.324. The highest BCUT2D eigenvalue weighted by atomic mass is 16.2. The van der Waals surface area contributed by atoms with Crippen LogP contribution in [0.1, 0.15) is 24.4 Å². The van der Waals surface area contributed by atoms with Crippen molar-refractivity contribution in [2.24, 2.45) is 5.92 Å². The Balaban J connectivity index is 2.12. The molecular formula is C13H15N3O2. The molecule has 0 saturated heterocycles. The quantitative estimate of drug-likeness (QED) is 0.703. The van der Waals surface area contributed by atoms with Crippen LogP contribution >= 0.6 is 0 Å². The molecule has 1 unspecified atom stereocenters. The van der Waals surface area contributed by atoms with E-state index in [9.17, 15) is 9.59 Å². The Morgan fingerprint density at radius 2 is 1.83 bits per heavy atom. The molecule has 94 valence electrons. The van der Waals surface area contributed by atoms with E-state index in [-0.39, 0.29) is 0 Å². The number of hydrogen-bond donors (Lipinski definition) is 3. The molecule has 1 saturated carbocycles. The molecule has 0 bridgehead atoms. The summed E-state index contributed by atoms with van der Waals surface area (Å²) in [4.78, 5) is 27.7. The Morgan fingerprint density at radius 3 is 2.44 bits per heavy atom.